The third-order valence-electron chi connectivity index (χ3n) is 5.11. The third-order valence-corrected chi connectivity index (χ3v) is 6.99. The summed E-state index contributed by atoms with van der Waals surface area (Å²) in [6.45, 7) is 1.94. The zero-order valence-electron chi connectivity index (χ0n) is 14.5. The van der Waals surface area contributed by atoms with E-state index in [1.165, 1.54) is 7.11 Å². The summed E-state index contributed by atoms with van der Waals surface area (Å²) in [7, 11) is -0.203. The van der Waals surface area contributed by atoms with Crippen molar-refractivity contribution in [3.63, 3.8) is 0 Å². The van der Waals surface area contributed by atoms with E-state index in [0.717, 1.165) is 31.4 Å². The maximum absolute atomic E-state index is 12.8. The number of rotatable bonds is 6. The summed E-state index contributed by atoms with van der Waals surface area (Å²) in [5.41, 5.74) is 0.269. The van der Waals surface area contributed by atoms with Crippen LogP contribution in [0.2, 0.25) is 0 Å². The zero-order chi connectivity index (χ0) is 17.4. The highest BCUT2D eigenvalue weighted by molar-refractivity contribution is 7.89. The van der Waals surface area contributed by atoms with Gasteiger partial charge in [0.15, 0.2) is 0 Å². The van der Waals surface area contributed by atoms with Crippen molar-refractivity contribution in [2.45, 2.75) is 29.6 Å². The first-order valence-electron chi connectivity index (χ1n) is 8.28. The highest BCUT2D eigenvalue weighted by Gasteiger charge is 2.52. The van der Waals surface area contributed by atoms with E-state index in [0.29, 0.717) is 19.0 Å². The van der Waals surface area contributed by atoms with Gasteiger partial charge in [0.05, 0.1) is 17.4 Å². The number of hydrogen-bond acceptors (Lipinski definition) is 5. The summed E-state index contributed by atoms with van der Waals surface area (Å²) < 4.78 is 32.0. The number of nitrogens with zero attached hydrogens (tertiary/aromatic N) is 1. The Morgan fingerprint density at radius 2 is 1.96 bits per heavy atom. The SMILES string of the molecule is CNCC1CCN(S(=O)(=O)c2ccc(C3(C(=O)OC)CC3)cc2)C1.Cl. The second kappa shape index (κ2) is 7.61. The van der Waals surface area contributed by atoms with Crippen LogP contribution in [-0.2, 0) is 25.0 Å². The van der Waals surface area contributed by atoms with Crippen LogP contribution in [0.4, 0.5) is 0 Å². The first kappa shape index (κ1) is 20.2. The molecule has 3 rings (SSSR count). The van der Waals surface area contributed by atoms with Crippen LogP contribution in [0.3, 0.4) is 0 Å². The molecule has 0 aromatic heterocycles. The van der Waals surface area contributed by atoms with E-state index in [1.54, 1.807) is 28.6 Å². The standard InChI is InChI=1S/C17H24N2O4S.ClH/c1-18-11-13-7-10-19(12-13)24(21,22)15-5-3-14(4-6-15)17(8-9-17)16(20)23-2;/h3-6,13,18H,7-12H2,1-2H3;1H. The Morgan fingerprint density at radius 3 is 2.48 bits per heavy atom. The van der Waals surface area contributed by atoms with Crippen LogP contribution in [0.15, 0.2) is 29.2 Å². The van der Waals surface area contributed by atoms with E-state index in [4.69, 9.17) is 4.74 Å². The van der Waals surface area contributed by atoms with Crippen molar-refractivity contribution < 1.29 is 17.9 Å². The molecule has 25 heavy (non-hydrogen) atoms. The molecule has 1 heterocycles. The van der Waals surface area contributed by atoms with Crippen molar-refractivity contribution in [1.82, 2.24) is 9.62 Å². The van der Waals surface area contributed by atoms with Crippen molar-refractivity contribution in [1.29, 1.82) is 0 Å². The minimum Gasteiger partial charge on any atom is -0.468 e. The lowest BCUT2D eigenvalue weighted by atomic mass is 9.96. The number of halogens is 1. The summed E-state index contributed by atoms with van der Waals surface area (Å²) in [5, 5.41) is 3.10. The fraction of sp³-hybridized carbons (Fsp3) is 0.588. The number of methoxy groups -OCH3 is 1. The van der Waals surface area contributed by atoms with Crippen LogP contribution < -0.4 is 5.32 Å². The Labute approximate surface area is 155 Å². The van der Waals surface area contributed by atoms with Crippen molar-refractivity contribution in [3.05, 3.63) is 29.8 Å². The van der Waals surface area contributed by atoms with E-state index >= 15 is 0 Å². The predicted octanol–water partition coefficient (Wildman–Crippen LogP) is 1.54. The van der Waals surface area contributed by atoms with Crippen molar-refractivity contribution in [3.8, 4) is 0 Å². The van der Waals surface area contributed by atoms with Gasteiger partial charge in [-0.05, 0) is 56.5 Å². The van der Waals surface area contributed by atoms with Crippen LogP contribution in [0.1, 0.15) is 24.8 Å². The van der Waals surface area contributed by atoms with Gasteiger partial charge in [-0.25, -0.2) is 8.42 Å². The van der Waals surface area contributed by atoms with Crippen LogP contribution in [-0.4, -0.2) is 52.5 Å². The molecule has 0 radical (unpaired) electrons. The summed E-state index contributed by atoms with van der Waals surface area (Å²) >= 11 is 0. The summed E-state index contributed by atoms with van der Waals surface area (Å²) in [4.78, 5) is 12.2. The Morgan fingerprint density at radius 1 is 1.32 bits per heavy atom. The van der Waals surface area contributed by atoms with E-state index in [-0.39, 0.29) is 23.3 Å². The molecule has 1 unspecified atom stereocenters. The second-order valence-corrected chi connectivity index (χ2v) is 8.61. The number of hydrogen-bond donors (Lipinski definition) is 1. The minimum absolute atomic E-state index is 0. The molecule has 2 aliphatic rings. The quantitative estimate of drug-likeness (QED) is 0.748. The highest BCUT2D eigenvalue weighted by atomic mass is 35.5. The van der Waals surface area contributed by atoms with E-state index in [1.807, 2.05) is 7.05 Å². The Bertz CT molecular complexity index is 717. The molecule has 6 nitrogen and oxygen atoms in total. The average Bonchev–Trinajstić information content (AvgIpc) is 3.27. The smallest absolute Gasteiger partial charge is 0.316 e. The maximum Gasteiger partial charge on any atom is 0.316 e. The number of benzene rings is 1. The molecule has 140 valence electrons. The second-order valence-electron chi connectivity index (χ2n) is 6.67. The molecule has 1 saturated carbocycles. The van der Waals surface area contributed by atoms with Gasteiger partial charge in [0.1, 0.15) is 0 Å². The van der Waals surface area contributed by atoms with Gasteiger partial charge in [0.2, 0.25) is 10.0 Å². The number of nitrogens with one attached hydrogen (secondary N) is 1. The third kappa shape index (κ3) is 3.69. The Kier molecular flexibility index (Phi) is 6.14. The molecule has 1 aliphatic carbocycles. The van der Waals surface area contributed by atoms with Gasteiger partial charge < -0.3 is 10.1 Å². The van der Waals surface area contributed by atoms with Crippen molar-refractivity contribution >= 4 is 28.4 Å². The monoisotopic (exact) mass is 388 g/mol. The molecule has 0 spiro atoms. The van der Waals surface area contributed by atoms with Crippen LogP contribution in [0.5, 0.6) is 0 Å². The first-order chi connectivity index (χ1) is 11.4. The number of carbonyl (C=O) groups is 1. The Balaban J connectivity index is 0.00000225. The molecule has 1 N–H and O–H groups in total. The molecule has 2 fully saturated rings. The molecule has 0 amide bonds. The molecular formula is C17H25ClN2O4S. The van der Waals surface area contributed by atoms with Crippen molar-refractivity contribution in [2.24, 2.45) is 5.92 Å². The van der Waals surface area contributed by atoms with Gasteiger partial charge in [0, 0.05) is 13.1 Å². The van der Waals surface area contributed by atoms with Crippen LogP contribution in [0, 0.1) is 5.92 Å². The molecule has 0 bridgehead atoms. The number of sulfonamides is 1. The fourth-order valence-electron chi connectivity index (χ4n) is 3.50. The maximum atomic E-state index is 12.8. The van der Waals surface area contributed by atoms with E-state index in [2.05, 4.69) is 5.32 Å². The lowest BCUT2D eigenvalue weighted by Crippen LogP contribution is -2.30. The normalized spacial score (nSPS) is 22.2. The van der Waals surface area contributed by atoms with Gasteiger partial charge in [-0.1, -0.05) is 12.1 Å². The zero-order valence-corrected chi connectivity index (χ0v) is 16.2. The molecular weight excluding hydrogens is 364 g/mol. The lowest BCUT2D eigenvalue weighted by molar-refractivity contribution is -0.143. The minimum atomic E-state index is -3.47. The highest BCUT2D eigenvalue weighted by Crippen LogP contribution is 2.49. The largest absolute Gasteiger partial charge is 0.468 e. The number of ether oxygens (including phenoxy) is 1. The molecule has 1 atom stereocenters. The van der Waals surface area contributed by atoms with Crippen LogP contribution in [0.25, 0.3) is 0 Å². The lowest BCUT2D eigenvalue weighted by Gasteiger charge is -2.18. The molecule has 1 aliphatic heterocycles. The van der Waals surface area contributed by atoms with E-state index in [9.17, 15) is 13.2 Å². The van der Waals surface area contributed by atoms with E-state index < -0.39 is 15.4 Å². The van der Waals surface area contributed by atoms with Gasteiger partial charge in [-0.15, -0.1) is 12.4 Å². The average molecular weight is 389 g/mol. The fourth-order valence-corrected chi connectivity index (χ4v) is 5.03. The first-order valence-corrected chi connectivity index (χ1v) is 9.72. The summed E-state index contributed by atoms with van der Waals surface area (Å²) in [5.74, 6) is 0.116. The Hall–Kier alpha value is -1.15. The predicted molar refractivity (Wildman–Crippen MR) is 97.4 cm³/mol. The van der Waals surface area contributed by atoms with Gasteiger partial charge >= 0.3 is 5.97 Å². The summed E-state index contributed by atoms with van der Waals surface area (Å²) in [6, 6.07) is 6.72. The molecule has 1 aromatic rings. The molecule has 1 saturated heterocycles. The topological polar surface area (TPSA) is 75.7 Å². The number of esters is 1. The summed E-state index contributed by atoms with van der Waals surface area (Å²) in [6.07, 6.45) is 2.39. The number of carbonyl (C=O) groups excluding carboxylic acids is 1. The van der Waals surface area contributed by atoms with Gasteiger partial charge in [-0.3, -0.25) is 4.79 Å². The van der Waals surface area contributed by atoms with Crippen LogP contribution >= 0.6 is 12.4 Å². The van der Waals surface area contributed by atoms with Gasteiger partial charge in [0.25, 0.3) is 0 Å². The van der Waals surface area contributed by atoms with Gasteiger partial charge in [-0.2, -0.15) is 4.31 Å². The van der Waals surface area contributed by atoms with Crippen molar-refractivity contribution in [2.75, 3.05) is 33.8 Å². The molecule has 1 aromatic carbocycles. The molecule has 8 heteroatoms.